The predicted octanol–water partition coefficient (Wildman–Crippen LogP) is 10.3. The molecule has 0 aliphatic carbocycles. The number of aliphatic hydroxyl groups excluding tert-OH is 11. The molecule has 0 spiro atoms. The van der Waals surface area contributed by atoms with E-state index in [1.165, 1.54) is 135 Å². The van der Waals surface area contributed by atoms with Gasteiger partial charge in [0.25, 0.3) is 0 Å². The maximum Gasteiger partial charge on any atom is 0.220 e. The van der Waals surface area contributed by atoms with Crippen molar-refractivity contribution in [3.63, 3.8) is 0 Å². The van der Waals surface area contributed by atoms with Gasteiger partial charge in [-0.2, -0.15) is 0 Å². The van der Waals surface area contributed by atoms with Gasteiger partial charge in [0.15, 0.2) is 18.9 Å². The molecule has 0 radical (unpaired) electrons. The monoisotopic (exact) mass is 1320 g/mol. The molecule has 3 rings (SSSR count). The lowest BCUT2D eigenvalue weighted by atomic mass is 9.96. The first-order valence-corrected chi connectivity index (χ1v) is 36.3. The molecule has 3 heterocycles. The highest BCUT2D eigenvalue weighted by Crippen LogP contribution is 2.33. The second-order valence-corrected chi connectivity index (χ2v) is 25.6. The van der Waals surface area contributed by atoms with E-state index in [0.29, 0.717) is 12.8 Å². The molecule has 3 fully saturated rings. The number of carbonyl (C=O) groups excluding carboxylic acids is 1. The highest BCUT2D eigenvalue weighted by molar-refractivity contribution is 5.76. The Bertz CT molecular complexity index is 2010. The third-order valence-electron chi connectivity index (χ3n) is 17.7. The number of allylic oxidation sites excluding steroid dienone is 13. The lowest BCUT2D eigenvalue weighted by Crippen LogP contribution is -2.66. The zero-order valence-corrected chi connectivity index (χ0v) is 57.0. The Morgan fingerprint density at radius 1 is 0.398 bits per heavy atom. The van der Waals surface area contributed by atoms with Crippen molar-refractivity contribution in [1.29, 1.82) is 0 Å². The molecule has 17 unspecified atom stereocenters. The number of hydrogen-bond donors (Lipinski definition) is 12. The van der Waals surface area contributed by atoms with E-state index in [1.54, 1.807) is 6.08 Å². The lowest BCUT2D eigenvalue weighted by molar-refractivity contribution is -0.379. The molecule has 19 heteroatoms. The van der Waals surface area contributed by atoms with Crippen LogP contribution in [0.1, 0.15) is 245 Å². The molecule has 0 bridgehead atoms. The van der Waals surface area contributed by atoms with Crippen molar-refractivity contribution in [2.45, 2.75) is 349 Å². The van der Waals surface area contributed by atoms with Crippen molar-refractivity contribution >= 4 is 5.91 Å². The van der Waals surface area contributed by atoms with Crippen LogP contribution in [0.3, 0.4) is 0 Å². The average Bonchev–Trinajstić information content (AvgIpc) is 0.902. The van der Waals surface area contributed by atoms with Gasteiger partial charge in [0.1, 0.15) is 73.2 Å². The van der Waals surface area contributed by atoms with E-state index < -0.39 is 124 Å². The van der Waals surface area contributed by atoms with Gasteiger partial charge in [-0.25, -0.2) is 0 Å². The predicted molar refractivity (Wildman–Crippen MR) is 364 cm³/mol. The van der Waals surface area contributed by atoms with Gasteiger partial charge < -0.3 is 89.9 Å². The fourth-order valence-electron chi connectivity index (χ4n) is 11.8. The Kier molecular flexibility index (Phi) is 49.7. The summed E-state index contributed by atoms with van der Waals surface area (Å²) in [6, 6.07) is -1.00. The Hall–Kier alpha value is -3.03. The summed E-state index contributed by atoms with van der Waals surface area (Å²) in [7, 11) is 0. The quantitative estimate of drug-likeness (QED) is 0.0199. The first-order valence-electron chi connectivity index (χ1n) is 36.3. The molecular weight excluding hydrogens is 1190 g/mol. The van der Waals surface area contributed by atoms with Gasteiger partial charge in [-0.15, -0.1) is 0 Å². The number of rotatable bonds is 55. The van der Waals surface area contributed by atoms with Crippen molar-refractivity contribution in [3.05, 3.63) is 85.1 Å². The van der Waals surface area contributed by atoms with Gasteiger partial charge in [0.05, 0.1) is 38.6 Å². The van der Waals surface area contributed by atoms with Gasteiger partial charge in [-0.3, -0.25) is 4.79 Å². The maximum absolute atomic E-state index is 13.4. The van der Waals surface area contributed by atoms with Crippen molar-refractivity contribution in [1.82, 2.24) is 5.32 Å². The van der Waals surface area contributed by atoms with Gasteiger partial charge >= 0.3 is 0 Å². The summed E-state index contributed by atoms with van der Waals surface area (Å²) >= 11 is 0. The molecular formula is C74H129NO18. The van der Waals surface area contributed by atoms with E-state index in [1.807, 2.05) is 6.08 Å². The van der Waals surface area contributed by atoms with Gasteiger partial charge in [0.2, 0.25) is 5.91 Å². The topological polar surface area (TPSA) is 307 Å². The molecule has 17 atom stereocenters. The summed E-state index contributed by atoms with van der Waals surface area (Å²) in [6.07, 6.45) is 44.1. The Morgan fingerprint density at radius 3 is 1.20 bits per heavy atom. The SMILES string of the molecule is CC/C=C\C/C=C\C/C=C\C/C=C\CCCCCCCCCCCCCCCCC(=O)NC(COC1OC(CO)C(OC2OC(CO)C(OC3OC(CO)C(O)C(O)C3O)C(O)C2O)C(O)C1O)C(O)/C=C/CC/C=C/CC/C=C/CCCCCCCCCCCCC. The Labute approximate surface area is 559 Å². The number of ether oxygens (including phenoxy) is 6. The minimum absolute atomic E-state index is 0.227. The van der Waals surface area contributed by atoms with E-state index in [2.05, 4.69) is 92.1 Å². The Morgan fingerprint density at radius 2 is 0.753 bits per heavy atom. The van der Waals surface area contributed by atoms with E-state index in [0.717, 1.165) is 77.0 Å². The number of hydrogen-bond acceptors (Lipinski definition) is 18. The zero-order valence-electron chi connectivity index (χ0n) is 57.0. The summed E-state index contributed by atoms with van der Waals surface area (Å²) in [5.74, 6) is -0.292. The van der Waals surface area contributed by atoms with Crippen LogP contribution in [0, 0.1) is 0 Å². The summed E-state index contributed by atoms with van der Waals surface area (Å²) in [5.41, 5.74) is 0. The average molecular weight is 1320 g/mol. The van der Waals surface area contributed by atoms with Crippen LogP contribution in [-0.2, 0) is 33.2 Å². The highest BCUT2D eigenvalue weighted by atomic mass is 16.8. The van der Waals surface area contributed by atoms with Crippen LogP contribution in [0.2, 0.25) is 0 Å². The normalized spacial score (nSPS) is 28.0. The molecule has 0 aromatic heterocycles. The number of nitrogens with one attached hydrogen (secondary N) is 1. The van der Waals surface area contributed by atoms with Gasteiger partial charge in [0, 0.05) is 6.42 Å². The van der Waals surface area contributed by atoms with Crippen molar-refractivity contribution < 1.29 is 89.4 Å². The maximum atomic E-state index is 13.4. The van der Waals surface area contributed by atoms with Crippen LogP contribution in [0.15, 0.2) is 85.1 Å². The summed E-state index contributed by atoms with van der Waals surface area (Å²) in [6.45, 7) is 1.60. The summed E-state index contributed by atoms with van der Waals surface area (Å²) in [5, 5.41) is 121. The van der Waals surface area contributed by atoms with Crippen LogP contribution in [0.4, 0.5) is 0 Å². The van der Waals surface area contributed by atoms with Crippen LogP contribution in [-0.4, -0.2) is 193 Å². The highest BCUT2D eigenvalue weighted by Gasteiger charge is 2.53. The number of carbonyl (C=O) groups is 1. The fourth-order valence-corrected chi connectivity index (χ4v) is 11.8. The van der Waals surface area contributed by atoms with E-state index >= 15 is 0 Å². The molecule has 12 N–H and O–H groups in total. The van der Waals surface area contributed by atoms with Crippen molar-refractivity contribution in [3.8, 4) is 0 Å². The molecule has 0 aromatic rings. The molecule has 0 saturated carbocycles. The third kappa shape index (κ3) is 36.4. The van der Waals surface area contributed by atoms with Crippen LogP contribution in [0.5, 0.6) is 0 Å². The fraction of sp³-hybridized carbons (Fsp3) is 0.797. The largest absolute Gasteiger partial charge is 0.394 e. The molecule has 93 heavy (non-hydrogen) atoms. The Balaban J connectivity index is 1.43. The molecule has 3 saturated heterocycles. The molecule has 538 valence electrons. The number of aliphatic hydroxyl groups is 11. The minimum Gasteiger partial charge on any atom is -0.394 e. The van der Waals surface area contributed by atoms with Crippen molar-refractivity contribution in [2.24, 2.45) is 0 Å². The van der Waals surface area contributed by atoms with Crippen molar-refractivity contribution in [2.75, 3.05) is 26.4 Å². The van der Waals surface area contributed by atoms with Gasteiger partial charge in [-0.05, 0) is 83.5 Å². The van der Waals surface area contributed by atoms with Gasteiger partial charge in [-0.1, -0.05) is 240 Å². The number of unbranched alkanes of at least 4 members (excludes halogenated alkanes) is 27. The first kappa shape index (κ1) is 84.2. The zero-order chi connectivity index (χ0) is 67.5. The van der Waals surface area contributed by atoms with E-state index in [4.69, 9.17) is 28.4 Å². The molecule has 19 nitrogen and oxygen atoms in total. The second-order valence-electron chi connectivity index (χ2n) is 25.6. The van der Waals surface area contributed by atoms with Crippen LogP contribution < -0.4 is 5.32 Å². The molecule has 3 aliphatic rings. The lowest BCUT2D eigenvalue weighted by Gasteiger charge is -2.48. The summed E-state index contributed by atoms with van der Waals surface area (Å²) in [4.78, 5) is 13.4. The van der Waals surface area contributed by atoms with E-state index in [-0.39, 0.29) is 18.9 Å². The molecule has 3 aliphatic heterocycles. The van der Waals surface area contributed by atoms with Crippen LogP contribution in [0.25, 0.3) is 0 Å². The summed E-state index contributed by atoms with van der Waals surface area (Å²) < 4.78 is 34.4. The van der Waals surface area contributed by atoms with E-state index in [9.17, 15) is 61.0 Å². The first-order chi connectivity index (χ1) is 45.3. The minimum atomic E-state index is -1.99. The van der Waals surface area contributed by atoms with Crippen LogP contribution >= 0.6 is 0 Å². The molecule has 0 aromatic carbocycles. The second kappa shape index (κ2) is 54.9. The number of amides is 1. The standard InChI is InChI=1S/C74H129NO18/c1-3-5-7-9-11-13-15-17-19-21-23-25-26-27-28-29-30-32-34-36-38-40-42-44-46-48-50-52-62(80)75-57(58(79)51-49-47-45-43-41-39-37-35-33-31-24-22-20-18-16-14-12-10-8-6-4-2)56-88-72-68(86)65(83)70(60(54-77)90-72)93-74-69(87)66(84)71(61(55-78)91-74)92-73-67(85)64(82)63(81)59(53-76)89-73/h5,7,11,13,17,19,23,25,33,35,41,43,49,51,57-61,63-74,76-79,81-87H,3-4,6,8-10,12,14-16,18,20-22,24,26-32,34,36-40,42,44-48,50,52-56H2,1-2H3,(H,75,80)/b7-5-,13-11-,19-17-,25-23-,35-33+,43-41+,51-49+. The third-order valence-corrected chi connectivity index (χ3v) is 17.7. The smallest absolute Gasteiger partial charge is 0.220 e. The molecule has 1 amide bonds.